The number of amides is 1. The van der Waals surface area contributed by atoms with Crippen molar-refractivity contribution in [3.8, 4) is 0 Å². The van der Waals surface area contributed by atoms with Gasteiger partial charge in [-0.1, -0.05) is 41.7 Å². The summed E-state index contributed by atoms with van der Waals surface area (Å²) in [6, 6.07) is 10.1. The molecular weight excluding hydrogens is 288 g/mol. The van der Waals surface area contributed by atoms with E-state index in [9.17, 15) is 4.79 Å². The lowest BCUT2D eigenvalue weighted by Gasteiger charge is -2.35. The minimum atomic E-state index is -0.363. The van der Waals surface area contributed by atoms with Gasteiger partial charge in [0.05, 0.1) is 0 Å². The van der Waals surface area contributed by atoms with Gasteiger partial charge < -0.3 is 15.4 Å². The summed E-state index contributed by atoms with van der Waals surface area (Å²) in [6.45, 7) is 0.297. The van der Waals surface area contributed by atoms with Crippen LogP contribution in [0.3, 0.4) is 0 Å². The number of carbonyl (C=O) groups excluding carboxylic acids is 1. The van der Waals surface area contributed by atoms with Gasteiger partial charge in [0.2, 0.25) is 5.13 Å². The van der Waals surface area contributed by atoms with Gasteiger partial charge in [-0.15, -0.1) is 10.2 Å². The van der Waals surface area contributed by atoms with Gasteiger partial charge in [-0.05, 0) is 18.4 Å². The zero-order valence-electron chi connectivity index (χ0n) is 11.4. The van der Waals surface area contributed by atoms with Crippen LogP contribution in [-0.2, 0) is 11.3 Å². The van der Waals surface area contributed by atoms with Crippen LogP contribution < -0.4 is 10.6 Å². The number of carbonyl (C=O) groups is 1. The fourth-order valence-corrected chi connectivity index (χ4v) is 2.72. The third-order valence-electron chi connectivity index (χ3n) is 3.36. The number of nitrogens with zero attached hydrogens (tertiary/aromatic N) is 2. The van der Waals surface area contributed by atoms with Gasteiger partial charge in [-0.3, -0.25) is 0 Å². The van der Waals surface area contributed by atoms with Gasteiger partial charge in [0, 0.05) is 12.1 Å². The summed E-state index contributed by atoms with van der Waals surface area (Å²) in [5, 5.41) is 14.7. The molecule has 1 aromatic heterocycles. The summed E-state index contributed by atoms with van der Waals surface area (Å²) in [6.07, 6.45) is 1.39. The standard InChI is InChI=1S/C14H16N4O2S/c19-14(20-8-10-4-2-1-3-5-10)17-12-6-11(7-12)16-13-18-15-9-21-13/h1-5,9,11-12H,6-8H2,(H,16,18)(H,17,19). The molecule has 110 valence electrons. The molecule has 0 unspecified atom stereocenters. The van der Waals surface area contributed by atoms with Crippen molar-refractivity contribution in [2.24, 2.45) is 0 Å². The first-order chi connectivity index (χ1) is 10.3. The number of aromatic nitrogens is 2. The summed E-state index contributed by atoms with van der Waals surface area (Å²) in [7, 11) is 0. The third-order valence-corrected chi connectivity index (χ3v) is 3.98. The van der Waals surface area contributed by atoms with Crippen molar-refractivity contribution < 1.29 is 9.53 Å². The molecule has 1 aromatic carbocycles. The van der Waals surface area contributed by atoms with E-state index in [2.05, 4.69) is 20.8 Å². The molecule has 1 fully saturated rings. The lowest BCUT2D eigenvalue weighted by molar-refractivity contribution is 0.129. The number of benzene rings is 1. The fourth-order valence-electron chi connectivity index (χ4n) is 2.20. The SMILES string of the molecule is O=C(NC1CC(Nc2nncs2)C1)OCc1ccccc1. The van der Waals surface area contributed by atoms with E-state index < -0.39 is 0 Å². The maximum atomic E-state index is 11.7. The minimum Gasteiger partial charge on any atom is -0.445 e. The molecule has 3 rings (SSSR count). The number of nitrogens with one attached hydrogen (secondary N) is 2. The Morgan fingerprint density at radius 3 is 2.81 bits per heavy atom. The predicted octanol–water partition coefficient (Wildman–Crippen LogP) is 2.41. The maximum Gasteiger partial charge on any atom is 0.407 e. The van der Waals surface area contributed by atoms with Crippen molar-refractivity contribution in [2.75, 3.05) is 5.32 Å². The second-order valence-corrected chi connectivity index (χ2v) is 5.79. The van der Waals surface area contributed by atoms with Gasteiger partial charge in [-0.2, -0.15) is 0 Å². The molecular formula is C14H16N4O2S. The molecule has 2 N–H and O–H groups in total. The maximum absolute atomic E-state index is 11.7. The molecule has 7 heteroatoms. The first kappa shape index (κ1) is 13.8. The third kappa shape index (κ3) is 3.91. The van der Waals surface area contributed by atoms with E-state index in [1.54, 1.807) is 5.51 Å². The first-order valence-corrected chi connectivity index (χ1v) is 7.67. The van der Waals surface area contributed by atoms with Gasteiger partial charge in [0.1, 0.15) is 12.1 Å². The average Bonchev–Trinajstić information content (AvgIpc) is 2.97. The van der Waals surface area contributed by atoms with Crippen molar-refractivity contribution in [1.82, 2.24) is 15.5 Å². The Balaban J connectivity index is 1.34. The highest BCUT2D eigenvalue weighted by Gasteiger charge is 2.31. The topological polar surface area (TPSA) is 76.1 Å². The van der Waals surface area contributed by atoms with Crippen molar-refractivity contribution in [3.63, 3.8) is 0 Å². The second-order valence-electron chi connectivity index (χ2n) is 4.96. The van der Waals surface area contributed by atoms with Gasteiger partial charge >= 0.3 is 6.09 Å². The van der Waals surface area contributed by atoms with Crippen LogP contribution in [0.1, 0.15) is 18.4 Å². The van der Waals surface area contributed by atoms with Gasteiger partial charge in [-0.25, -0.2) is 4.79 Å². The molecule has 1 amide bonds. The summed E-state index contributed by atoms with van der Waals surface area (Å²) in [4.78, 5) is 11.7. The van der Waals surface area contributed by atoms with E-state index in [1.165, 1.54) is 11.3 Å². The van der Waals surface area contributed by atoms with Crippen LogP contribution in [0.4, 0.5) is 9.93 Å². The van der Waals surface area contributed by atoms with Crippen molar-refractivity contribution in [1.29, 1.82) is 0 Å². The molecule has 0 atom stereocenters. The number of ether oxygens (including phenoxy) is 1. The number of rotatable bonds is 5. The monoisotopic (exact) mass is 304 g/mol. The Morgan fingerprint density at radius 2 is 2.10 bits per heavy atom. The zero-order valence-corrected chi connectivity index (χ0v) is 12.2. The molecule has 0 bridgehead atoms. The minimum absolute atomic E-state index is 0.165. The lowest BCUT2D eigenvalue weighted by atomic mass is 9.87. The largest absolute Gasteiger partial charge is 0.445 e. The van der Waals surface area contributed by atoms with Crippen LogP contribution in [0, 0.1) is 0 Å². The average molecular weight is 304 g/mol. The Morgan fingerprint density at radius 1 is 1.29 bits per heavy atom. The molecule has 0 aliphatic heterocycles. The normalized spacial score (nSPS) is 20.4. The van der Waals surface area contributed by atoms with Crippen LogP contribution in [0.25, 0.3) is 0 Å². The van der Waals surface area contributed by atoms with Gasteiger partial charge in [0.15, 0.2) is 0 Å². The van der Waals surface area contributed by atoms with E-state index in [4.69, 9.17) is 4.74 Å². The zero-order chi connectivity index (χ0) is 14.5. The summed E-state index contributed by atoms with van der Waals surface area (Å²) in [5.74, 6) is 0. The van der Waals surface area contributed by atoms with Crippen molar-refractivity contribution in [2.45, 2.75) is 31.5 Å². The van der Waals surface area contributed by atoms with Crippen LogP contribution in [0.5, 0.6) is 0 Å². The quantitative estimate of drug-likeness (QED) is 0.887. The molecule has 0 spiro atoms. The predicted molar refractivity (Wildman–Crippen MR) is 80.1 cm³/mol. The molecule has 0 radical (unpaired) electrons. The van der Waals surface area contributed by atoms with Crippen molar-refractivity contribution in [3.05, 3.63) is 41.4 Å². The number of hydrogen-bond donors (Lipinski definition) is 2. The van der Waals surface area contributed by atoms with Crippen molar-refractivity contribution >= 4 is 22.6 Å². The fraction of sp³-hybridized carbons (Fsp3) is 0.357. The van der Waals surface area contributed by atoms with E-state index in [0.717, 1.165) is 23.5 Å². The molecule has 6 nitrogen and oxygen atoms in total. The number of hydrogen-bond acceptors (Lipinski definition) is 6. The molecule has 2 aromatic rings. The second kappa shape index (κ2) is 6.53. The highest BCUT2D eigenvalue weighted by molar-refractivity contribution is 7.13. The van der Waals surface area contributed by atoms with Crippen LogP contribution >= 0.6 is 11.3 Å². The number of alkyl carbamates (subject to hydrolysis) is 1. The molecule has 1 aliphatic rings. The number of anilines is 1. The molecule has 0 saturated heterocycles. The first-order valence-electron chi connectivity index (χ1n) is 6.79. The van der Waals surface area contributed by atoms with Gasteiger partial charge in [0.25, 0.3) is 0 Å². The molecule has 21 heavy (non-hydrogen) atoms. The van der Waals surface area contributed by atoms with Crippen LogP contribution in [0.2, 0.25) is 0 Å². The van der Waals surface area contributed by atoms with E-state index in [0.29, 0.717) is 12.6 Å². The van der Waals surface area contributed by atoms with Crippen LogP contribution in [0.15, 0.2) is 35.8 Å². The highest BCUT2D eigenvalue weighted by atomic mass is 32.1. The Bertz CT molecular complexity index is 570. The molecule has 1 aliphatic carbocycles. The smallest absolute Gasteiger partial charge is 0.407 e. The summed E-state index contributed by atoms with van der Waals surface area (Å²) >= 11 is 1.48. The summed E-state index contributed by atoms with van der Waals surface area (Å²) < 4.78 is 5.18. The summed E-state index contributed by atoms with van der Waals surface area (Å²) in [5.41, 5.74) is 2.68. The van der Waals surface area contributed by atoms with E-state index >= 15 is 0 Å². The Labute approximate surface area is 126 Å². The molecule has 1 saturated carbocycles. The lowest BCUT2D eigenvalue weighted by Crippen LogP contribution is -2.49. The Hall–Kier alpha value is -2.15. The highest BCUT2D eigenvalue weighted by Crippen LogP contribution is 2.24. The van der Waals surface area contributed by atoms with Crippen LogP contribution in [-0.4, -0.2) is 28.4 Å². The van der Waals surface area contributed by atoms with E-state index in [1.807, 2.05) is 30.3 Å². The molecule has 1 heterocycles. The van der Waals surface area contributed by atoms with E-state index in [-0.39, 0.29) is 12.1 Å². The Kier molecular flexibility index (Phi) is 4.30.